The summed E-state index contributed by atoms with van der Waals surface area (Å²) in [7, 11) is 0. The number of furan rings is 1. The minimum Gasteiger partial charge on any atom is -0.456 e. The molecule has 0 amide bonds. The molecule has 0 N–H and O–H groups in total. The molecule has 0 aliphatic carbocycles. The monoisotopic (exact) mass is 600 g/mol. The van der Waals surface area contributed by atoms with Crippen LogP contribution in [0.4, 0.5) is 0 Å². The highest BCUT2D eigenvalue weighted by atomic mass is 16.3. The van der Waals surface area contributed by atoms with Gasteiger partial charge in [0, 0.05) is 38.9 Å². The predicted octanol–water partition coefficient (Wildman–Crippen LogP) is 12.0. The van der Waals surface area contributed by atoms with Crippen molar-refractivity contribution in [1.82, 2.24) is 9.55 Å². The van der Waals surface area contributed by atoms with Crippen LogP contribution in [0.1, 0.15) is 0 Å². The number of oxazole rings is 1. The number of para-hydroxylation sites is 2. The van der Waals surface area contributed by atoms with E-state index < -0.39 is 0 Å². The third-order valence-corrected chi connectivity index (χ3v) is 9.79. The van der Waals surface area contributed by atoms with Crippen LogP contribution in [0.3, 0.4) is 0 Å². The van der Waals surface area contributed by atoms with Crippen LogP contribution in [-0.2, 0) is 0 Å². The summed E-state index contributed by atoms with van der Waals surface area (Å²) in [5.74, 6) is 0.593. The molecule has 11 rings (SSSR count). The molecule has 11 aromatic rings. The lowest BCUT2D eigenvalue weighted by molar-refractivity contribution is 0.620. The van der Waals surface area contributed by atoms with Gasteiger partial charge in [-0.1, -0.05) is 97.1 Å². The topological polar surface area (TPSA) is 44.1 Å². The minimum absolute atomic E-state index is 0.593. The Morgan fingerprint density at radius 1 is 0.426 bits per heavy atom. The van der Waals surface area contributed by atoms with Crippen LogP contribution in [0.2, 0.25) is 0 Å². The minimum atomic E-state index is 0.593. The van der Waals surface area contributed by atoms with Gasteiger partial charge in [0.1, 0.15) is 16.7 Å². The summed E-state index contributed by atoms with van der Waals surface area (Å²) in [4.78, 5) is 4.83. The maximum atomic E-state index is 6.72. The standard InChI is InChI=1S/C43H24N2O2/c1-3-11-28-25(9-1)17-21-35-41(28)42-29-12-4-2-10-26(29)18-22-36(42)45(35)27-19-20-32-38(23-27)46-39-24-33(30-13-5-6-14-31(30)40(32)39)43-44-34-15-7-8-16-37(34)47-43/h1-24H. The van der Waals surface area contributed by atoms with Crippen molar-refractivity contribution in [2.75, 3.05) is 0 Å². The summed E-state index contributed by atoms with van der Waals surface area (Å²) < 4.78 is 15.3. The molecule has 0 aliphatic heterocycles. The van der Waals surface area contributed by atoms with E-state index in [1.165, 1.54) is 43.4 Å². The Hall–Kier alpha value is -6.39. The molecule has 0 bridgehead atoms. The largest absolute Gasteiger partial charge is 0.456 e. The van der Waals surface area contributed by atoms with E-state index in [-0.39, 0.29) is 0 Å². The van der Waals surface area contributed by atoms with Crippen molar-refractivity contribution in [3.8, 4) is 17.1 Å². The molecule has 0 spiro atoms. The molecule has 0 saturated heterocycles. The summed E-state index contributed by atoms with van der Waals surface area (Å²) in [6, 6.07) is 51.4. The highest BCUT2D eigenvalue weighted by Crippen LogP contribution is 2.43. The van der Waals surface area contributed by atoms with Crippen LogP contribution < -0.4 is 0 Å². The molecule has 3 heterocycles. The molecule has 8 aromatic carbocycles. The van der Waals surface area contributed by atoms with E-state index in [1.807, 2.05) is 24.3 Å². The first-order valence-corrected chi connectivity index (χ1v) is 15.9. The SMILES string of the molecule is c1ccc2c(c1)ccc1c2c2c3ccccc3ccc2n1-c1ccc2c(c1)oc1cc(-c3nc4ccccc4o3)c3ccccc3c12. The van der Waals surface area contributed by atoms with Gasteiger partial charge in [-0.05, 0) is 74.8 Å². The van der Waals surface area contributed by atoms with E-state index in [1.54, 1.807) is 0 Å². The van der Waals surface area contributed by atoms with Crippen molar-refractivity contribution >= 4 is 87.2 Å². The normalized spacial score (nSPS) is 12.3. The Labute approximate surface area is 267 Å². The molecular weight excluding hydrogens is 576 g/mol. The zero-order valence-corrected chi connectivity index (χ0v) is 25.1. The highest BCUT2D eigenvalue weighted by molar-refractivity contribution is 6.29. The van der Waals surface area contributed by atoms with Gasteiger partial charge in [-0.2, -0.15) is 0 Å². The number of aromatic nitrogens is 2. The van der Waals surface area contributed by atoms with Crippen LogP contribution in [0.15, 0.2) is 154 Å². The number of nitrogens with zero attached hydrogens (tertiary/aromatic N) is 2. The van der Waals surface area contributed by atoms with E-state index >= 15 is 0 Å². The Kier molecular flexibility index (Phi) is 4.81. The quantitative estimate of drug-likeness (QED) is 0.198. The van der Waals surface area contributed by atoms with E-state index in [9.17, 15) is 0 Å². The van der Waals surface area contributed by atoms with Gasteiger partial charge in [0.2, 0.25) is 5.89 Å². The summed E-state index contributed by atoms with van der Waals surface area (Å²) in [5, 5.41) is 11.9. The lowest BCUT2D eigenvalue weighted by Crippen LogP contribution is -1.93. The van der Waals surface area contributed by atoms with Crippen molar-refractivity contribution < 1.29 is 8.83 Å². The van der Waals surface area contributed by atoms with Gasteiger partial charge in [-0.25, -0.2) is 4.98 Å². The fraction of sp³-hybridized carbons (Fsp3) is 0. The smallest absolute Gasteiger partial charge is 0.228 e. The summed E-state index contributed by atoms with van der Waals surface area (Å²) >= 11 is 0. The fourth-order valence-electron chi connectivity index (χ4n) is 7.76. The first-order chi connectivity index (χ1) is 23.3. The molecule has 4 heteroatoms. The third-order valence-electron chi connectivity index (χ3n) is 9.79. The average Bonchev–Trinajstić information content (AvgIpc) is 3.82. The predicted molar refractivity (Wildman–Crippen MR) is 194 cm³/mol. The van der Waals surface area contributed by atoms with Crippen LogP contribution in [0.5, 0.6) is 0 Å². The van der Waals surface area contributed by atoms with Gasteiger partial charge in [0.25, 0.3) is 0 Å². The van der Waals surface area contributed by atoms with E-state index in [4.69, 9.17) is 13.8 Å². The third kappa shape index (κ3) is 3.39. The second-order valence-electron chi connectivity index (χ2n) is 12.3. The summed E-state index contributed by atoms with van der Waals surface area (Å²) in [6.07, 6.45) is 0. The zero-order chi connectivity index (χ0) is 30.6. The van der Waals surface area contributed by atoms with Gasteiger partial charge in [0.05, 0.1) is 11.0 Å². The fourth-order valence-corrected chi connectivity index (χ4v) is 7.76. The molecule has 0 fully saturated rings. The molecular formula is C43H24N2O2. The molecule has 218 valence electrons. The van der Waals surface area contributed by atoms with Crippen LogP contribution in [0, 0.1) is 0 Å². The Bertz CT molecular complexity index is 2960. The van der Waals surface area contributed by atoms with Crippen LogP contribution in [-0.4, -0.2) is 9.55 Å². The highest BCUT2D eigenvalue weighted by Gasteiger charge is 2.21. The van der Waals surface area contributed by atoms with Crippen molar-refractivity contribution in [1.29, 1.82) is 0 Å². The van der Waals surface area contributed by atoms with Gasteiger partial charge >= 0.3 is 0 Å². The van der Waals surface area contributed by atoms with Crippen LogP contribution in [0.25, 0.3) is 104 Å². The zero-order valence-electron chi connectivity index (χ0n) is 25.1. The average molecular weight is 601 g/mol. The molecule has 0 saturated carbocycles. The van der Waals surface area contributed by atoms with E-state index in [2.05, 4.69) is 126 Å². The molecule has 0 unspecified atom stereocenters. The number of hydrogen-bond donors (Lipinski definition) is 0. The summed E-state index contributed by atoms with van der Waals surface area (Å²) in [6.45, 7) is 0. The molecule has 3 aromatic heterocycles. The molecule has 0 radical (unpaired) electrons. The van der Waals surface area contributed by atoms with Crippen LogP contribution >= 0.6 is 0 Å². The van der Waals surface area contributed by atoms with E-state index in [0.29, 0.717) is 5.89 Å². The first-order valence-electron chi connectivity index (χ1n) is 15.9. The number of fused-ring (bicyclic) bond motifs is 13. The Morgan fingerprint density at radius 3 is 1.79 bits per heavy atom. The number of rotatable bonds is 2. The Morgan fingerprint density at radius 2 is 1.06 bits per heavy atom. The van der Waals surface area contributed by atoms with Crippen molar-refractivity contribution in [2.45, 2.75) is 0 Å². The second-order valence-corrected chi connectivity index (χ2v) is 12.3. The molecule has 0 aliphatic rings. The molecule has 47 heavy (non-hydrogen) atoms. The lowest BCUT2D eigenvalue weighted by atomic mass is 9.99. The Balaban J connectivity index is 1.21. The van der Waals surface area contributed by atoms with Gasteiger partial charge in [-0.3, -0.25) is 0 Å². The van der Waals surface area contributed by atoms with Gasteiger partial charge < -0.3 is 13.4 Å². The maximum absolute atomic E-state index is 6.72. The first kappa shape index (κ1) is 24.9. The van der Waals surface area contributed by atoms with Gasteiger partial charge in [0.15, 0.2) is 5.58 Å². The van der Waals surface area contributed by atoms with Crippen molar-refractivity contribution in [3.05, 3.63) is 146 Å². The van der Waals surface area contributed by atoms with Gasteiger partial charge in [-0.15, -0.1) is 0 Å². The molecule has 0 atom stereocenters. The number of hydrogen-bond acceptors (Lipinski definition) is 3. The van der Waals surface area contributed by atoms with Crippen molar-refractivity contribution in [3.63, 3.8) is 0 Å². The van der Waals surface area contributed by atoms with E-state index in [0.717, 1.165) is 55.1 Å². The number of benzene rings is 8. The second kappa shape index (κ2) is 9.09. The van der Waals surface area contributed by atoms with Crippen molar-refractivity contribution in [2.24, 2.45) is 0 Å². The lowest BCUT2D eigenvalue weighted by Gasteiger charge is -2.09. The maximum Gasteiger partial charge on any atom is 0.228 e. The molecule has 4 nitrogen and oxygen atoms in total. The summed E-state index contributed by atoms with van der Waals surface area (Å²) in [5.41, 5.74) is 7.60.